The fourth-order valence-corrected chi connectivity index (χ4v) is 1.53. The van der Waals surface area contributed by atoms with Crippen LogP contribution in [0.1, 0.15) is 26.3 Å². The van der Waals surface area contributed by atoms with Gasteiger partial charge in [-0.25, -0.2) is 4.79 Å². The molecule has 0 unspecified atom stereocenters. The van der Waals surface area contributed by atoms with Crippen molar-refractivity contribution in [3.63, 3.8) is 0 Å². The van der Waals surface area contributed by atoms with Gasteiger partial charge in [0, 0.05) is 13.5 Å². The van der Waals surface area contributed by atoms with Crippen molar-refractivity contribution >= 4 is 18.1 Å². The summed E-state index contributed by atoms with van der Waals surface area (Å²) in [6, 6.07) is 7.28. The van der Waals surface area contributed by atoms with E-state index < -0.39 is 11.7 Å². The van der Waals surface area contributed by atoms with Crippen LogP contribution in [0.5, 0.6) is 0 Å². The number of hydrogen-bond donors (Lipinski definition) is 0. The molecule has 0 N–H and O–H groups in total. The molecule has 4 heteroatoms. The molecular weight excluding hydrogens is 230 g/mol. The molecule has 0 spiro atoms. The average molecular weight is 249 g/mol. The number of benzene rings is 1. The first kappa shape index (κ1) is 14.2. The third-order valence-corrected chi connectivity index (χ3v) is 2.32. The van der Waals surface area contributed by atoms with E-state index in [1.54, 1.807) is 13.1 Å². The lowest BCUT2D eigenvalue weighted by molar-refractivity contribution is -0.107. The second kappa shape index (κ2) is 5.67. The van der Waals surface area contributed by atoms with E-state index in [0.29, 0.717) is 5.69 Å². The number of hydrogen-bond acceptors (Lipinski definition) is 3. The van der Waals surface area contributed by atoms with E-state index in [4.69, 9.17) is 4.74 Å². The van der Waals surface area contributed by atoms with E-state index in [1.807, 2.05) is 39.0 Å². The van der Waals surface area contributed by atoms with Crippen LogP contribution in [-0.2, 0) is 16.0 Å². The number of amides is 1. The van der Waals surface area contributed by atoms with Gasteiger partial charge in [-0.1, -0.05) is 18.2 Å². The van der Waals surface area contributed by atoms with Crippen molar-refractivity contribution < 1.29 is 14.3 Å². The molecule has 18 heavy (non-hydrogen) atoms. The maximum absolute atomic E-state index is 11.9. The molecule has 0 saturated carbocycles. The highest BCUT2D eigenvalue weighted by Gasteiger charge is 2.21. The summed E-state index contributed by atoms with van der Waals surface area (Å²) in [6.45, 7) is 5.45. The molecule has 0 aliphatic heterocycles. The van der Waals surface area contributed by atoms with Crippen molar-refractivity contribution in [2.45, 2.75) is 32.8 Å². The van der Waals surface area contributed by atoms with Gasteiger partial charge in [0.15, 0.2) is 0 Å². The van der Waals surface area contributed by atoms with Gasteiger partial charge in [0.05, 0.1) is 5.69 Å². The van der Waals surface area contributed by atoms with Crippen LogP contribution in [0.15, 0.2) is 24.3 Å². The highest BCUT2D eigenvalue weighted by molar-refractivity contribution is 5.88. The molecule has 0 saturated heterocycles. The Balaban J connectivity index is 2.92. The zero-order valence-corrected chi connectivity index (χ0v) is 11.3. The Hall–Kier alpha value is -1.84. The molecule has 0 aromatic heterocycles. The fourth-order valence-electron chi connectivity index (χ4n) is 1.53. The highest BCUT2D eigenvalue weighted by atomic mass is 16.6. The molecule has 0 atom stereocenters. The number of nitrogens with zero attached hydrogens (tertiary/aromatic N) is 1. The Morgan fingerprint density at radius 3 is 2.50 bits per heavy atom. The molecule has 0 aliphatic rings. The summed E-state index contributed by atoms with van der Waals surface area (Å²) in [7, 11) is 1.64. The molecule has 1 rings (SSSR count). The number of aldehydes is 1. The predicted octanol–water partition coefficient (Wildman–Crippen LogP) is 2.80. The van der Waals surface area contributed by atoms with Crippen LogP contribution >= 0.6 is 0 Å². The molecule has 98 valence electrons. The summed E-state index contributed by atoms with van der Waals surface area (Å²) in [5.41, 5.74) is 0.963. The molecule has 0 aliphatic carbocycles. The molecule has 0 bridgehead atoms. The number of carbonyl (C=O) groups excluding carboxylic acids is 2. The summed E-state index contributed by atoms with van der Waals surface area (Å²) in [5, 5.41) is 0. The first-order chi connectivity index (χ1) is 8.35. The molecular formula is C14H19NO3. The second-order valence-electron chi connectivity index (χ2n) is 5.04. The first-order valence-corrected chi connectivity index (χ1v) is 5.83. The van der Waals surface area contributed by atoms with Crippen molar-refractivity contribution in [1.29, 1.82) is 0 Å². The van der Waals surface area contributed by atoms with Crippen molar-refractivity contribution in [3.8, 4) is 0 Å². The zero-order valence-electron chi connectivity index (χ0n) is 11.3. The number of ether oxygens (including phenoxy) is 1. The number of para-hydroxylation sites is 1. The summed E-state index contributed by atoms with van der Waals surface area (Å²) < 4.78 is 5.29. The lowest BCUT2D eigenvalue weighted by atomic mass is 10.1. The third-order valence-electron chi connectivity index (χ3n) is 2.32. The molecule has 1 aromatic rings. The van der Waals surface area contributed by atoms with E-state index in [0.717, 1.165) is 11.8 Å². The minimum absolute atomic E-state index is 0.281. The van der Waals surface area contributed by atoms with Gasteiger partial charge in [-0.15, -0.1) is 0 Å². The number of rotatable bonds is 3. The minimum atomic E-state index is -0.537. The Labute approximate surface area is 108 Å². The van der Waals surface area contributed by atoms with Gasteiger partial charge in [-0.3, -0.25) is 4.90 Å². The first-order valence-electron chi connectivity index (χ1n) is 5.83. The number of anilines is 1. The van der Waals surface area contributed by atoms with Crippen LogP contribution in [0.25, 0.3) is 0 Å². The van der Waals surface area contributed by atoms with Crippen molar-refractivity contribution in [3.05, 3.63) is 29.8 Å². The molecule has 0 radical (unpaired) electrons. The second-order valence-corrected chi connectivity index (χ2v) is 5.04. The Morgan fingerprint density at radius 1 is 1.33 bits per heavy atom. The van der Waals surface area contributed by atoms with Gasteiger partial charge in [0.1, 0.15) is 11.9 Å². The van der Waals surface area contributed by atoms with Crippen molar-refractivity contribution in [2.75, 3.05) is 11.9 Å². The van der Waals surface area contributed by atoms with E-state index in [1.165, 1.54) is 4.90 Å². The van der Waals surface area contributed by atoms with Crippen LogP contribution in [0, 0.1) is 0 Å². The van der Waals surface area contributed by atoms with Crippen molar-refractivity contribution in [2.24, 2.45) is 0 Å². The molecule has 1 amide bonds. The summed E-state index contributed by atoms with van der Waals surface area (Å²) in [5.74, 6) is 0. The third kappa shape index (κ3) is 3.87. The van der Waals surface area contributed by atoms with Gasteiger partial charge in [-0.2, -0.15) is 0 Å². The van der Waals surface area contributed by atoms with Crippen LogP contribution in [-0.4, -0.2) is 25.0 Å². The van der Waals surface area contributed by atoms with E-state index in [9.17, 15) is 9.59 Å². The van der Waals surface area contributed by atoms with Crippen LogP contribution in [0.4, 0.5) is 10.5 Å². The summed E-state index contributed by atoms with van der Waals surface area (Å²) in [4.78, 5) is 24.0. The Bertz CT molecular complexity index is 435. The standard InChI is InChI=1S/C14H19NO3/c1-14(2,3)18-13(17)15(4)12-8-6-5-7-11(12)9-10-16/h5-8,10H,9H2,1-4H3. The fraction of sp³-hybridized carbons (Fsp3) is 0.429. The van der Waals surface area contributed by atoms with Gasteiger partial charge in [0.25, 0.3) is 0 Å². The van der Waals surface area contributed by atoms with Crippen LogP contribution in [0.2, 0.25) is 0 Å². The Kier molecular flexibility index (Phi) is 4.48. The smallest absolute Gasteiger partial charge is 0.414 e. The zero-order chi connectivity index (χ0) is 13.8. The van der Waals surface area contributed by atoms with E-state index in [2.05, 4.69) is 0 Å². The van der Waals surface area contributed by atoms with Gasteiger partial charge in [0.2, 0.25) is 0 Å². The van der Waals surface area contributed by atoms with Crippen LogP contribution in [0.3, 0.4) is 0 Å². The molecule has 0 heterocycles. The predicted molar refractivity (Wildman–Crippen MR) is 70.8 cm³/mol. The summed E-state index contributed by atoms with van der Waals surface area (Å²) in [6.07, 6.45) is 0.672. The van der Waals surface area contributed by atoms with Gasteiger partial charge in [-0.05, 0) is 32.4 Å². The van der Waals surface area contributed by atoms with Crippen LogP contribution < -0.4 is 4.90 Å². The van der Waals surface area contributed by atoms with Gasteiger partial charge >= 0.3 is 6.09 Å². The van der Waals surface area contributed by atoms with Gasteiger partial charge < -0.3 is 9.53 Å². The normalized spacial score (nSPS) is 10.9. The lowest BCUT2D eigenvalue weighted by Crippen LogP contribution is -2.34. The highest BCUT2D eigenvalue weighted by Crippen LogP contribution is 2.21. The topological polar surface area (TPSA) is 46.6 Å². The maximum Gasteiger partial charge on any atom is 0.414 e. The quantitative estimate of drug-likeness (QED) is 0.774. The molecule has 4 nitrogen and oxygen atoms in total. The SMILES string of the molecule is CN(C(=O)OC(C)(C)C)c1ccccc1CC=O. The lowest BCUT2D eigenvalue weighted by Gasteiger charge is -2.25. The largest absolute Gasteiger partial charge is 0.443 e. The summed E-state index contributed by atoms with van der Waals surface area (Å²) >= 11 is 0. The average Bonchev–Trinajstić information content (AvgIpc) is 2.27. The van der Waals surface area contributed by atoms with E-state index in [-0.39, 0.29) is 6.42 Å². The monoisotopic (exact) mass is 249 g/mol. The number of carbonyl (C=O) groups is 2. The molecule has 0 fully saturated rings. The van der Waals surface area contributed by atoms with E-state index >= 15 is 0 Å². The minimum Gasteiger partial charge on any atom is -0.443 e. The molecule has 1 aromatic carbocycles. The van der Waals surface area contributed by atoms with Crippen molar-refractivity contribution in [1.82, 2.24) is 0 Å². The Morgan fingerprint density at radius 2 is 1.94 bits per heavy atom. The maximum atomic E-state index is 11.9.